The number of unbranched alkanes of at least 4 members (excludes halogenated alkanes) is 1. The SMILES string of the molecule is CCCCN1C[C@H](C(=O)Nc2ccc(S(=O)(=O)NCC)cc2)CC1=O. The summed E-state index contributed by atoms with van der Waals surface area (Å²) in [6, 6.07) is 5.99. The van der Waals surface area contributed by atoms with E-state index in [0.29, 0.717) is 25.3 Å². The van der Waals surface area contributed by atoms with Crippen molar-refractivity contribution in [3.63, 3.8) is 0 Å². The lowest BCUT2D eigenvalue weighted by Gasteiger charge is -2.16. The molecule has 0 saturated carbocycles. The predicted octanol–water partition coefficient (Wildman–Crippen LogP) is 1.57. The van der Waals surface area contributed by atoms with Crippen LogP contribution in [0.1, 0.15) is 33.1 Å². The van der Waals surface area contributed by atoms with Gasteiger partial charge in [0.05, 0.1) is 10.8 Å². The molecule has 2 N–H and O–H groups in total. The van der Waals surface area contributed by atoms with E-state index in [4.69, 9.17) is 0 Å². The molecule has 25 heavy (non-hydrogen) atoms. The summed E-state index contributed by atoms with van der Waals surface area (Å²) < 4.78 is 26.2. The van der Waals surface area contributed by atoms with Crippen molar-refractivity contribution in [3.8, 4) is 0 Å². The average Bonchev–Trinajstić information content (AvgIpc) is 2.94. The Hall–Kier alpha value is -1.93. The summed E-state index contributed by atoms with van der Waals surface area (Å²) in [7, 11) is -3.51. The lowest BCUT2D eigenvalue weighted by molar-refractivity contribution is -0.128. The first-order chi connectivity index (χ1) is 11.9. The summed E-state index contributed by atoms with van der Waals surface area (Å²) in [6.07, 6.45) is 2.16. The molecule has 1 heterocycles. The number of carbonyl (C=O) groups excluding carboxylic acids is 2. The van der Waals surface area contributed by atoms with Crippen LogP contribution in [0.25, 0.3) is 0 Å². The highest BCUT2D eigenvalue weighted by Gasteiger charge is 2.33. The highest BCUT2D eigenvalue weighted by Crippen LogP contribution is 2.21. The highest BCUT2D eigenvalue weighted by atomic mass is 32.2. The van der Waals surface area contributed by atoms with E-state index in [1.54, 1.807) is 24.0 Å². The van der Waals surface area contributed by atoms with Crippen LogP contribution in [-0.4, -0.2) is 44.8 Å². The number of sulfonamides is 1. The average molecular weight is 367 g/mol. The van der Waals surface area contributed by atoms with E-state index >= 15 is 0 Å². The number of carbonyl (C=O) groups is 2. The van der Waals surface area contributed by atoms with Gasteiger partial charge in [-0.1, -0.05) is 20.3 Å². The Morgan fingerprint density at radius 1 is 1.24 bits per heavy atom. The van der Waals surface area contributed by atoms with Crippen LogP contribution in [0.2, 0.25) is 0 Å². The van der Waals surface area contributed by atoms with Crippen LogP contribution in [0, 0.1) is 5.92 Å². The van der Waals surface area contributed by atoms with E-state index in [9.17, 15) is 18.0 Å². The zero-order chi connectivity index (χ0) is 18.4. The van der Waals surface area contributed by atoms with Crippen molar-refractivity contribution < 1.29 is 18.0 Å². The molecule has 1 atom stereocenters. The van der Waals surface area contributed by atoms with E-state index in [2.05, 4.69) is 17.0 Å². The maximum Gasteiger partial charge on any atom is 0.240 e. The van der Waals surface area contributed by atoms with Crippen LogP contribution in [0.5, 0.6) is 0 Å². The molecule has 2 amide bonds. The fourth-order valence-electron chi connectivity index (χ4n) is 2.75. The highest BCUT2D eigenvalue weighted by molar-refractivity contribution is 7.89. The molecule has 1 aliphatic heterocycles. The van der Waals surface area contributed by atoms with Crippen LogP contribution in [-0.2, 0) is 19.6 Å². The van der Waals surface area contributed by atoms with Crippen molar-refractivity contribution >= 4 is 27.5 Å². The number of amides is 2. The van der Waals surface area contributed by atoms with Gasteiger partial charge in [-0.25, -0.2) is 13.1 Å². The topological polar surface area (TPSA) is 95.6 Å². The summed E-state index contributed by atoms with van der Waals surface area (Å²) in [5.74, 6) is -0.565. The number of benzene rings is 1. The predicted molar refractivity (Wildman–Crippen MR) is 95.5 cm³/mol. The molecule has 138 valence electrons. The summed E-state index contributed by atoms with van der Waals surface area (Å²) in [5.41, 5.74) is 0.514. The van der Waals surface area contributed by atoms with Gasteiger partial charge in [-0.05, 0) is 30.7 Å². The first-order valence-corrected chi connectivity index (χ1v) is 10.0. The third-order valence-electron chi connectivity index (χ3n) is 4.13. The number of rotatable bonds is 8. The second-order valence-corrected chi connectivity index (χ2v) is 7.88. The molecule has 0 aromatic heterocycles. The van der Waals surface area contributed by atoms with Gasteiger partial charge < -0.3 is 10.2 Å². The van der Waals surface area contributed by atoms with Crippen LogP contribution < -0.4 is 10.0 Å². The lowest BCUT2D eigenvalue weighted by atomic mass is 10.1. The molecule has 1 aliphatic rings. The quantitative estimate of drug-likeness (QED) is 0.729. The van der Waals surface area contributed by atoms with E-state index in [1.165, 1.54) is 12.1 Å². The van der Waals surface area contributed by atoms with Gasteiger partial charge in [-0.15, -0.1) is 0 Å². The third-order valence-corrected chi connectivity index (χ3v) is 5.69. The number of anilines is 1. The Morgan fingerprint density at radius 3 is 2.52 bits per heavy atom. The zero-order valence-corrected chi connectivity index (χ0v) is 15.4. The second-order valence-electron chi connectivity index (χ2n) is 6.11. The standard InChI is InChI=1S/C17H25N3O4S/c1-3-5-10-20-12-13(11-16(20)21)17(22)19-14-6-8-15(9-7-14)25(23,24)18-4-2/h6-9,13,18H,3-5,10-12H2,1-2H3,(H,19,22)/t13-/m1/s1. The molecule has 0 radical (unpaired) electrons. The monoisotopic (exact) mass is 367 g/mol. The minimum atomic E-state index is -3.51. The maximum absolute atomic E-state index is 12.3. The van der Waals surface area contributed by atoms with Gasteiger partial charge in [0, 0.05) is 31.7 Å². The van der Waals surface area contributed by atoms with E-state index in [-0.39, 0.29) is 29.0 Å². The molecule has 8 heteroatoms. The largest absolute Gasteiger partial charge is 0.342 e. The molecule has 1 fully saturated rings. The van der Waals surface area contributed by atoms with Crippen molar-refractivity contribution in [1.29, 1.82) is 0 Å². The molecule has 1 saturated heterocycles. The minimum Gasteiger partial charge on any atom is -0.342 e. The van der Waals surface area contributed by atoms with Gasteiger partial charge in [-0.3, -0.25) is 9.59 Å². The Bertz CT molecular complexity index is 716. The number of nitrogens with one attached hydrogen (secondary N) is 2. The summed E-state index contributed by atoms with van der Waals surface area (Å²) in [6.45, 7) is 5.21. The van der Waals surface area contributed by atoms with Gasteiger partial charge in [0.15, 0.2) is 0 Å². The van der Waals surface area contributed by atoms with E-state index in [0.717, 1.165) is 12.8 Å². The van der Waals surface area contributed by atoms with Crippen LogP contribution in [0.3, 0.4) is 0 Å². The van der Waals surface area contributed by atoms with Gasteiger partial charge in [-0.2, -0.15) is 0 Å². The van der Waals surface area contributed by atoms with Crippen molar-refractivity contribution in [2.45, 2.75) is 38.0 Å². The second kappa shape index (κ2) is 8.44. The molecular formula is C17H25N3O4S. The van der Waals surface area contributed by atoms with Crippen LogP contribution in [0.4, 0.5) is 5.69 Å². The fourth-order valence-corrected chi connectivity index (χ4v) is 3.79. The van der Waals surface area contributed by atoms with Crippen molar-refractivity contribution in [1.82, 2.24) is 9.62 Å². The van der Waals surface area contributed by atoms with Gasteiger partial charge in [0.25, 0.3) is 0 Å². The molecule has 0 spiro atoms. The fraction of sp³-hybridized carbons (Fsp3) is 0.529. The third kappa shape index (κ3) is 5.02. The van der Waals surface area contributed by atoms with Crippen LogP contribution >= 0.6 is 0 Å². The van der Waals surface area contributed by atoms with Gasteiger partial charge in [0.2, 0.25) is 21.8 Å². The van der Waals surface area contributed by atoms with Gasteiger partial charge in [0.1, 0.15) is 0 Å². The normalized spacial score (nSPS) is 17.8. The number of nitrogens with zero attached hydrogens (tertiary/aromatic N) is 1. The molecule has 7 nitrogen and oxygen atoms in total. The number of hydrogen-bond donors (Lipinski definition) is 2. The minimum absolute atomic E-state index is 0.0145. The summed E-state index contributed by atoms with van der Waals surface area (Å²) in [5, 5.41) is 2.76. The summed E-state index contributed by atoms with van der Waals surface area (Å²) in [4.78, 5) is 26.2. The van der Waals surface area contributed by atoms with Gasteiger partial charge >= 0.3 is 0 Å². The van der Waals surface area contributed by atoms with Crippen molar-refractivity contribution in [3.05, 3.63) is 24.3 Å². The first-order valence-electron chi connectivity index (χ1n) is 8.55. The first kappa shape index (κ1) is 19.4. The Labute approximate surface area is 148 Å². The molecule has 2 rings (SSSR count). The Kier molecular flexibility index (Phi) is 6.55. The molecule has 1 aromatic rings. The maximum atomic E-state index is 12.3. The molecule has 0 bridgehead atoms. The molecule has 0 unspecified atom stereocenters. The number of likely N-dealkylation sites (tertiary alicyclic amines) is 1. The number of hydrogen-bond acceptors (Lipinski definition) is 4. The Balaban J connectivity index is 1.96. The molecular weight excluding hydrogens is 342 g/mol. The van der Waals surface area contributed by atoms with E-state index < -0.39 is 10.0 Å². The summed E-state index contributed by atoms with van der Waals surface area (Å²) >= 11 is 0. The van der Waals surface area contributed by atoms with Crippen molar-refractivity contribution in [2.75, 3.05) is 25.0 Å². The molecule has 1 aromatic carbocycles. The van der Waals surface area contributed by atoms with E-state index in [1.807, 2.05) is 0 Å². The molecule has 0 aliphatic carbocycles. The Morgan fingerprint density at radius 2 is 1.92 bits per heavy atom. The smallest absolute Gasteiger partial charge is 0.240 e. The van der Waals surface area contributed by atoms with Crippen LogP contribution in [0.15, 0.2) is 29.2 Å². The van der Waals surface area contributed by atoms with Crippen molar-refractivity contribution in [2.24, 2.45) is 5.92 Å². The lowest BCUT2D eigenvalue weighted by Crippen LogP contribution is -2.29. The zero-order valence-electron chi connectivity index (χ0n) is 14.6.